The Bertz CT molecular complexity index is 1860. The van der Waals surface area contributed by atoms with E-state index in [1.165, 1.54) is 18.3 Å². The summed E-state index contributed by atoms with van der Waals surface area (Å²) in [5.74, 6) is -2.54. The van der Waals surface area contributed by atoms with E-state index in [4.69, 9.17) is 9.73 Å². The smallest absolute Gasteiger partial charge is 0.409 e. The predicted octanol–water partition coefficient (Wildman–Crippen LogP) is 5.35. The molecule has 3 unspecified atom stereocenters. The van der Waals surface area contributed by atoms with Crippen molar-refractivity contribution in [1.29, 1.82) is 5.41 Å². The molecule has 246 valence electrons. The highest BCUT2D eigenvalue weighted by atomic mass is 19.2. The first-order valence-electron chi connectivity index (χ1n) is 15.8. The van der Waals surface area contributed by atoms with Crippen molar-refractivity contribution >= 4 is 28.5 Å². The van der Waals surface area contributed by atoms with Crippen LogP contribution in [0.1, 0.15) is 37.7 Å². The number of rotatable bonds is 6. The van der Waals surface area contributed by atoms with Crippen molar-refractivity contribution in [3.8, 4) is 17.0 Å². The number of ether oxygens (including phenoxy) is 2. The van der Waals surface area contributed by atoms with Crippen molar-refractivity contribution in [2.24, 2.45) is 16.3 Å². The number of fused-ring (bicyclic) bond motifs is 4. The molecule has 0 radical (unpaired) electrons. The van der Waals surface area contributed by atoms with Crippen molar-refractivity contribution in [3.05, 3.63) is 65.6 Å². The monoisotopic (exact) mass is 651 g/mol. The van der Waals surface area contributed by atoms with Gasteiger partial charge in [-0.15, -0.1) is 4.39 Å². The summed E-state index contributed by atoms with van der Waals surface area (Å²) in [6, 6.07) is 6.96. The van der Waals surface area contributed by atoms with Gasteiger partial charge >= 0.3 is 6.23 Å². The van der Waals surface area contributed by atoms with Crippen LogP contribution in [0.15, 0.2) is 53.4 Å². The lowest BCUT2D eigenvalue weighted by Crippen LogP contribution is -2.45. The molecular weight excluding hydrogens is 618 g/mol. The molecule has 47 heavy (non-hydrogen) atoms. The summed E-state index contributed by atoms with van der Waals surface area (Å²) in [7, 11) is 0. The Balaban J connectivity index is 1.30. The van der Waals surface area contributed by atoms with Crippen LogP contribution < -0.4 is 4.74 Å². The summed E-state index contributed by atoms with van der Waals surface area (Å²) in [6.45, 7) is 2.68. The SMILES string of the molecule is N=C(c1cnc(-c2cccc3ccc(F)c(OC(O)(O)F)c23)c(F)c1N=CC12C/C(=C\F)CN1CCC21CC1)N1CCOCC2CC21. The lowest BCUT2D eigenvalue weighted by molar-refractivity contribution is -0.375. The highest BCUT2D eigenvalue weighted by Crippen LogP contribution is 2.66. The number of aromatic nitrogens is 1. The number of alkyl halides is 1. The highest BCUT2D eigenvalue weighted by Gasteiger charge is 2.66. The van der Waals surface area contributed by atoms with Gasteiger partial charge in [0.2, 0.25) is 0 Å². The molecule has 4 heterocycles. The summed E-state index contributed by atoms with van der Waals surface area (Å²) in [5.41, 5.74) is -0.337. The highest BCUT2D eigenvalue weighted by molar-refractivity contribution is 6.04. The Morgan fingerprint density at radius 3 is 2.77 bits per heavy atom. The van der Waals surface area contributed by atoms with Crippen LogP contribution in [0.2, 0.25) is 0 Å². The Labute approximate surface area is 267 Å². The largest absolute Gasteiger partial charge is 0.492 e. The van der Waals surface area contributed by atoms with Crippen LogP contribution in [-0.4, -0.2) is 87.7 Å². The zero-order valence-electron chi connectivity index (χ0n) is 25.4. The van der Waals surface area contributed by atoms with Gasteiger partial charge in [-0.3, -0.25) is 20.3 Å². The maximum atomic E-state index is 17.1. The number of nitrogens with zero attached hydrogens (tertiary/aromatic N) is 4. The van der Waals surface area contributed by atoms with Gasteiger partial charge in [0.05, 0.1) is 30.6 Å². The van der Waals surface area contributed by atoms with E-state index in [1.807, 2.05) is 4.90 Å². The third kappa shape index (κ3) is 4.93. The second-order valence-electron chi connectivity index (χ2n) is 13.4. The molecule has 1 aromatic heterocycles. The minimum Gasteiger partial charge on any atom is -0.409 e. The van der Waals surface area contributed by atoms with Crippen molar-refractivity contribution in [3.63, 3.8) is 0 Å². The Morgan fingerprint density at radius 2 is 2.00 bits per heavy atom. The van der Waals surface area contributed by atoms with Gasteiger partial charge < -0.3 is 24.6 Å². The summed E-state index contributed by atoms with van der Waals surface area (Å²) in [5, 5.41) is 28.0. The number of pyridine rings is 1. The Hall–Kier alpha value is -3.91. The number of hydrogen-bond donors (Lipinski definition) is 3. The fourth-order valence-electron chi connectivity index (χ4n) is 8.11. The maximum Gasteiger partial charge on any atom is 0.492 e. The van der Waals surface area contributed by atoms with E-state index in [1.54, 1.807) is 18.3 Å². The van der Waals surface area contributed by atoms with Crippen molar-refractivity contribution in [2.75, 3.05) is 32.8 Å². The molecule has 3 saturated heterocycles. The molecular formula is C34H33F4N5O4. The molecule has 8 rings (SSSR count). The summed E-state index contributed by atoms with van der Waals surface area (Å²) in [6.07, 6.45) is 3.63. The minimum absolute atomic E-state index is 0.0125. The molecule has 2 saturated carbocycles. The summed E-state index contributed by atoms with van der Waals surface area (Å²) >= 11 is 0. The van der Waals surface area contributed by atoms with E-state index in [0.717, 1.165) is 38.3 Å². The van der Waals surface area contributed by atoms with E-state index in [9.17, 15) is 24.4 Å². The van der Waals surface area contributed by atoms with Crippen LogP contribution in [0, 0.1) is 28.4 Å². The molecule has 13 heteroatoms. The van der Waals surface area contributed by atoms with Gasteiger partial charge in [-0.25, -0.2) is 13.2 Å². The summed E-state index contributed by atoms with van der Waals surface area (Å²) < 4.78 is 70.0. The summed E-state index contributed by atoms with van der Waals surface area (Å²) in [4.78, 5) is 13.3. The van der Waals surface area contributed by atoms with E-state index in [0.29, 0.717) is 50.0 Å². The van der Waals surface area contributed by atoms with Gasteiger partial charge in [0.25, 0.3) is 0 Å². The van der Waals surface area contributed by atoms with E-state index in [2.05, 4.69) is 14.6 Å². The number of hydrogen-bond acceptors (Lipinski definition) is 8. The van der Waals surface area contributed by atoms with Gasteiger partial charge in [-0.1, -0.05) is 24.3 Å². The second-order valence-corrected chi connectivity index (χ2v) is 13.4. The first-order valence-corrected chi connectivity index (χ1v) is 15.8. The standard InChI is InChI=1S/C34H33F4N5O4/c35-14-19-13-33(32(6-7-32)8-9-42(33)16-19)18-41-29-23(31(39)43-10-11-46-17-21-12-25(21)43)15-40-28(27(29)37)22-3-1-2-20-4-5-24(36)30(26(20)22)47-34(38,44)45/h1-5,14-15,18,21,25,39,44-45H,6-13,16-17H2/b19-14+,39-31?,41-18?. The quantitative estimate of drug-likeness (QED) is 0.143. The first-order chi connectivity index (χ1) is 22.5. The van der Waals surface area contributed by atoms with Gasteiger partial charge in [0, 0.05) is 55.0 Å². The van der Waals surface area contributed by atoms with E-state index >= 15 is 8.78 Å². The molecule has 2 aromatic carbocycles. The molecule has 5 fully saturated rings. The van der Waals surface area contributed by atoms with Crippen LogP contribution in [0.25, 0.3) is 22.0 Å². The molecule has 1 spiro atoms. The third-order valence-corrected chi connectivity index (χ3v) is 10.7. The number of aliphatic hydroxyl groups is 2. The molecule has 3 atom stereocenters. The first kappa shape index (κ1) is 30.4. The van der Waals surface area contributed by atoms with E-state index < -0.39 is 29.1 Å². The lowest BCUT2D eigenvalue weighted by Gasteiger charge is -2.33. The zero-order chi connectivity index (χ0) is 32.7. The molecule has 3 aliphatic heterocycles. The number of amidine groups is 1. The molecule has 3 aromatic rings. The molecule has 0 bridgehead atoms. The molecule has 2 aliphatic carbocycles. The average Bonchev–Trinajstić information content (AvgIpc) is 3.94. The van der Waals surface area contributed by atoms with Gasteiger partial charge in [0.15, 0.2) is 17.4 Å². The topological polar surface area (TPSA) is 114 Å². The molecule has 5 aliphatic rings. The molecule has 9 nitrogen and oxygen atoms in total. The van der Waals surface area contributed by atoms with Crippen LogP contribution in [0.4, 0.5) is 23.2 Å². The fourth-order valence-corrected chi connectivity index (χ4v) is 8.11. The maximum absolute atomic E-state index is 17.1. The normalized spacial score (nSPS) is 27.4. The Morgan fingerprint density at radius 1 is 1.17 bits per heavy atom. The number of benzene rings is 2. The van der Waals surface area contributed by atoms with E-state index in [-0.39, 0.29) is 51.1 Å². The van der Waals surface area contributed by atoms with Crippen molar-refractivity contribution in [2.45, 2.75) is 49.9 Å². The predicted molar refractivity (Wildman–Crippen MR) is 165 cm³/mol. The molecule has 3 N–H and O–H groups in total. The third-order valence-electron chi connectivity index (χ3n) is 10.7. The van der Waals surface area contributed by atoms with Crippen LogP contribution >= 0.6 is 0 Å². The number of nitrogens with one attached hydrogen (secondary N) is 1. The van der Waals surface area contributed by atoms with Gasteiger partial charge in [-0.2, -0.15) is 0 Å². The van der Waals surface area contributed by atoms with Crippen LogP contribution in [0.5, 0.6) is 5.75 Å². The van der Waals surface area contributed by atoms with Gasteiger partial charge in [-0.05, 0) is 54.5 Å². The zero-order valence-corrected chi connectivity index (χ0v) is 25.4. The Kier molecular flexibility index (Phi) is 7.00. The van der Waals surface area contributed by atoms with Crippen molar-refractivity contribution < 1.29 is 37.2 Å². The van der Waals surface area contributed by atoms with Crippen LogP contribution in [0.3, 0.4) is 0 Å². The van der Waals surface area contributed by atoms with Gasteiger partial charge in [0.1, 0.15) is 17.2 Å². The minimum atomic E-state index is -4.21. The van der Waals surface area contributed by atoms with Crippen LogP contribution in [-0.2, 0) is 4.74 Å². The lowest BCUT2D eigenvalue weighted by atomic mass is 9.80. The number of aliphatic imine (C=N–C) groups is 1. The second kappa shape index (κ2) is 10.8. The number of halogens is 4. The fraction of sp³-hybridized carbons (Fsp3) is 0.441. The molecule has 0 amide bonds. The van der Waals surface area contributed by atoms with Crippen molar-refractivity contribution in [1.82, 2.24) is 14.8 Å². The average molecular weight is 652 g/mol.